The third-order valence-corrected chi connectivity index (χ3v) is 5.00. The molecular weight excluding hydrogens is 477 g/mol. The van der Waals surface area contributed by atoms with Gasteiger partial charge in [0.05, 0.1) is 11.4 Å². The van der Waals surface area contributed by atoms with E-state index in [2.05, 4.69) is 31.8 Å². The molecule has 2 amide bonds. The van der Waals surface area contributed by atoms with Crippen molar-refractivity contribution in [3.8, 4) is 5.75 Å². The lowest BCUT2D eigenvalue weighted by Crippen LogP contribution is -2.33. The van der Waals surface area contributed by atoms with Crippen molar-refractivity contribution in [1.82, 2.24) is 5.43 Å². The second-order valence-electron chi connectivity index (χ2n) is 7.02. The van der Waals surface area contributed by atoms with E-state index in [1.165, 1.54) is 17.7 Å². The number of benzene rings is 3. The number of hydrogen-bond acceptors (Lipinski definition) is 4. The average Bonchev–Trinajstić information content (AvgIpc) is 2.79. The van der Waals surface area contributed by atoms with Gasteiger partial charge in [0.25, 0.3) is 0 Å². The number of hydrogen-bond donors (Lipinski definition) is 2. The highest BCUT2D eigenvalue weighted by molar-refractivity contribution is 9.10. The molecule has 0 atom stereocenters. The van der Waals surface area contributed by atoms with Crippen molar-refractivity contribution in [2.75, 3.05) is 5.32 Å². The predicted octanol–water partition coefficient (Wildman–Crippen LogP) is 4.95. The van der Waals surface area contributed by atoms with Crippen LogP contribution >= 0.6 is 15.9 Å². The zero-order valence-corrected chi connectivity index (χ0v) is 19.1. The van der Waals surface area contributed by atoms with Crippen molar-refractivity contribution in [1.29, 1.82) is 0 Å². The molecule has 8 heteroatoms. The second-order valence-corrected chi connectivity index (χ2v) is 7.93. The highest BCUT2D eigenvalue weighted by Crippen LogP contribution is 2.19. The molecule has 0 radical (unpaired) electrons. The number of amides is 2. The summed E-state index contributed by atoms with van der Waals surface area (Å²) in [7, 11) is 0. The topological polar surface area (TPSA) is 79.8 Å². The summed E-state index contributed by atoms with van der Waals surface area (Å²) in [5.74, 6) is -2.00. The predicted molar refractivity (Wildman–Crippen MR) is 125 cm³/mol. The molecule has 0 saturated heterocycles. The second kappa shape index (κ2) is 10.7. The molecule has 3 rings (SSSR count). The number of nitrogens with zero attached hydrogens (tertiary/aromatic N) is 1. The molecule has 0 aliphatic heterocycles. The van der Waals surface area contributed by atoms with Crippen LogP contribution in [0.15, 0.2) is 76.3 Å². The van der Waals surface area contributed by atoms with Crippen LogP contribution in [0.2, 0.25) is 0 Å². The van der Waals surface area contributed by atoms with E-state index in [0.717, 1.165) is 11.1 Å². The normalized spacial score (nSPS) is 11.1. The van der Waals surface area contributed by atoms with E-state index in [4.69, 9.17) is 4.74 Å². The lowest BCUT2D eigenvalue weighted by atomic mass is 10.1. The van der Waals surface area contributed by atoms with Gasteiger partial charge in [0.1, 0.15) is 18.2 Å². The molecule has 0 heterocycles. The summed E-state index contributed by atoms with van der Waals surface area (Å²) in [6.07, 6.45) is 0. The molecule has 0 saturated carbocycles. The number of aryl methyl sites for hydroxylation is 1. The number of carbonyl (C=O) groups is 2. The number of ether oxygens (including phenoxy) is 1. The molecule has 0 fully saturated rings. The maximum Gasteiger partial charge on any atom is 0.329 e. The van der Waals surface area contributed by atoms with E-state index in [-0.39, 0.29) is 5.69 Å². The van der Waals surface area contributed by atoms with Crippen molar-refractivity contribution in [2.24, 2.45) is 5.10 Å². The molecule has 3 aromatic rings. The number of anilines is 1. The van der Waals surface area contributed by atoms with Gasteiger partial charge in [-0.15, -0.1) is 0 Å². The highest BCUT2D eigenvalue weighted by Gasteiger charge is 2.15. The molecule has 164 valence electrons. The highest BCUT2D eigenvalue weighted by atomic mass is 79.9. The van der Waals surface area contributed by atoms with E-state index in [1.807, 2.05) is 31.2 Å². The fraction of sp³-hybridized carbons (Fsp3) is 0.125. The third kappa shape index (κ3) is 6.49. The first kappa shape index (κ1) is 23.1. The monoisotopic (exact) mass is 497 g/mol. The molecule has 6 nitrogen and oxygen atoms in total. The summed E-state index contributed by atoms with van der Waals surface area (Å²) in [5.41, 5.74) is 5.57. The average molecular weight is 498 g/mol. The lowest BCUT2D eigenvalue weighted by molar-refractivity contribution is -0.136. The van der Waals surface area contributed by atoms with Crippen LogP contribution in [0, 0.1) is 12.7 Å². The fourth-order valence-electron chi connectivity index (χ4n) is 2.66. The van der Waals surface area contributed by atoms with Gasteiger partial charge in [-0.1, -0.05) is 45.8 Å². The zero-order chi connectivity index (χ0) is 23.1. The molecule has 0 spiro atoms. The van der Waals surface area contributed by atoms with Gasteiger partial charge in [0.15, 0.2) is 0 Å². The lowest BCUT2D eigenvalue weighted by Gasteiger charge is -2.08. The van der Waals surface area contributed by atoms with Gasteiger partial charge in [-0.05, 0) is 67.4 Å². The van der Waals surface area contributed by atoms with E-state index in [1.54, 1.807) is 37.3 Å². The Morgan fingerprint density at radius 2 is 1.69 bits per heavy atom. The van der Waals surface area contributed by atoms with E-state index in [0.29, 0.717) is 22.5 Å². The number of nitrogens with one attached hydrogen (secondary N) is 2. The summed E-state index contributed by atoms with van der Waals surface area (Å²) in [6, 6.07) is 19.4. The quantitative estimate of drug-likeness (QED) is 0.287. The van der Waals surface area contributed by atoms with Crippen LogP contribution in [-0.2, 0) is 16.2 Å². The molecular formula is C24H21BrFN3O3. The van der Waals surface area contributed by atoms with Crippen molar-refractivity contribution >= 4 is 39.1 Å². The Morgan fingerprint density at radius 1 is 1.00 bits per heavy atom. The van der Waals surface area contributed by atoms with Crippen LogP contribution in [0.1, 0.15) is 23.6 Å². The molecule has 3 aromatic carbocycles. The molecule has 2 N–H and O–H groups in total. The molecule has 0 aliphatic carbocycles. The summed E-state index contributed by atoms with van der Waals surface area (Å²) < 4.78 is 20.1. The first-order valence-electron chi connectivity index (χ1n) is 9.71. The van der Waals surface area contributed by atoms with Gasteiger partial charge < -0.3 is 10.1 Å². The van der Waals surface area contributed by atoms with Crippen LogP contribution in [0.5, 0.6) is 5.75 Å². The minimum atomic E-state index is -1.03. The number of hydrazone groups is 1. The van der Waals surface area contributed by atoms with Gasteiger partial charge in [-0.2, -0.15) is 5.10 Å². The van der Waals surface area contributed by atoms with Gasteiger partial charge >= 0.3 is 11.8 Å². The first-order chi connectivity index (χ1) is 15.3. The Balaban J connectivity index is 1.53. The zero-order valence-electron chi connectivity index (χ0n) is 17.5. The van der Waals surface area contributed by atoms with Crippen LogP contribution in [0.25, 0.3) is 0 Å². The van der Waals surface area contributed by atoms with E-state index < -0.39 is 17.6 Å². The Morgan fingerprint density at radius 3 is 2.34 bits per heavy atom. The summed E-state index contributed by atoms with van der Waals surface area (Å²) in [6.45, 7) is 4.18. The minimum Gasteiger partial charge on any atom is -0.489 e. The molecule has 32 heavy (non-hydrogen) atoms. The maximum absolute atomic E-state index is 13.8. The fourth-order valence-corrected chi connectivity index (χ4v) is 3.00. The van der Waals surface area contributed by atoms with Gasteiger partial charge in [0.2, 0.25) is 0 Å². The van der Waals surface area contributed by atoms with Gasteiger partial charge in [0, 0.05) is 4.47 Å². The van der Waals surface area contributed by atoms with Crippen molar-refractivity contribution in [3.63, 3.8) is 0 Å². The van der Waals surface area contributed by atoms with Crippen molar-refractivity contribution in [3.05, 3.63) is 93.7 Å². The van der Waals surface area contributed by atoms with Crippen molar-refractivity contribution < 1.29 is 18.7 Å². The molecule has 0 aromatic heterocycles. The molecule has 0 aliphatic rings. The van der Waals surface area contributed by atoms with Crippen LogP contribution in [-0.4, -0.2) is 17.5 Å². The minimum absolute atomic E-state index is 0.102. The summed E-state index contributed by atoms with van der Waals surface area (Å²) >= 11 is 3.12. The Kier molecular flexibility index (Phi) is 7.72. The van der Waals surface area contributed by atoms with Gasteiger partial charge in [-0.3, -0.25) is 9.59 Å². The maximum atomic E-state index is 13.8. The van der Waals surface area contributed by atoms with Crippen LogP contribution < -0.4 is 15.5 Å². The van der Waals surface area contributed by atoms with Gasteiger partial charge in [-0.25, -0.2) is 9.82 Å². The SMILES string of the molecule is CC(=NNC(=O)C(=O)Nc1ccc(Br)cc1F)c1ccc(OCc2ccc(C)cc2)cc1. The Bertz CT molecular complexity index is 1150. The Hall–Kier alpha value is -3.52. The van der Waals surface area contributed by atoms with E-state index in [9.17, 15) is 14.0 Å². The third-order valence-electron chi connectivity index (χ3n) is 4.51. The van der Waals surface area contributed by atoms with Crippen LogP contribution in [0.4, 0.5) is 10.1 Å². The Labute approximate surface area is 193 Å². The van der Waals surface area contributed by atoms with Crippen molar-refractivity contribution in [2.45, 2.75) is 20.5 Å². The smallest absolute Gasteiger partial charge is 0.329 e. The standard InChI is InChI=1S/C24H21BrFN3O3/c1-15-3-5-17(6-4-15)14-32-20-10-7-18(8-11-20)16(2)28-29-24(31)23(30)27-22-12-9-19(25)13-21(22)26/h3-13H,14H2,1-2H3,(H,27,30)(H,29,31). The first-order valence-corrected chi connectivity index (χ1v) is 10.5. The summed E-state index contributed by atoms with van der Waals surface area (Å²) in [5, 5.41) is 6.15. The number of carbonyl (C=O) groups excluding carboxylic acids is 2. The summed E-state index contributed by atoms with van der Waals surface area (Å²) in [4.78, 5) is 23.9. The van der Waals surface area contributed by atoms with E-state index >= 15 is 0 Å². The largest absolute Gasteiger partial charge is 0.489 e. The number of halogens is 2. The molecule has 0 unspecified atom stereocenters. The number of rotatable bonds is 6. The van der Waals surface area contributed by atoms with Crippen LogP contribution in [0.3, 0.4) is 0 Å². The molecule has 0 bridgehead atoms.